The van der Waals surface area contributed by atoms with Crippen LogP contribution in [0.15, 0.2) is 72.8 Å². The predicted molar refractivity (Wildman–Crippen MR) is 110 cm³/mol. The molecule has 0 unspecified atom stereocenters. The fraction of sp³-hybridized carbons (Fsp3) is 0.280. The van der Waals surface area contributed by atoms with Crippen LogP contribution in [-0.2, 0) is 38.3 Å². The van der Waals surface area contributed by atoms with E-state index in [1.165, 1.54) is 0 Å². The molecule has 1 aliphatic heterocycles. The average molecular weight is 449 g/mol. The Bertz CT molecular complexity index is 1040. The molecule has 4 rings (SSSR count). The van der Waals surface area contributed by atoms with Gasteiger partial charge in [-0.1, -0.05) is 54.6 Å². The first kappa shape index (κ1) is 22.4. The molecule has 0 aromatic heterocycles. The van der Waals surface area contributed by atoms with Crippen LogP contribution in [0.3, 0.4) is 0 Å². The maximum atomic E-state index is 13.3. The molecule has 0 saturated carbocycles. The second-order valence-corrected chi connectivity index (χ2v) is 8.14. The van der Waals surface area contributed by atoms with Gasteiger partial charge in [0.15, 0.2) is 0 Å². The van der Waals surface area contributed by atoms with Crippen LogP contribution in [0.1, 0.15) is 33.4 Å². The van der Waals surface area contributed by atoms with Crippen molar-refractivity contribution in [2.24, 2.45) is 0 Å². The Morgan fingerprint density at radius 1 is 0.688 bits per heavy atom. The Labute approximate surface area is 182 Å². The molecule has 0 spiro atoms. The lowest BCUT2D eigenvalue weighted by molar-refractivity contribution is -0.143. The summed E-state index contributed by atoms with van der Waals surface area (Å²) in [5.74, 6) is 0. The van der Waals surface area contributed by atoms with Crippen LogP contribution < -0.4 is 0 Å². The van der Waals surface area contributed by atoms with E-state index in [1.807, 2.05) is 59.5 Å². The van der Waals surface area contributed by atoms with Crippen molar-refractivity contribution in [3.8, 4) is 0 Å². The van der Waals surface area contributed by atoms with E-state index in [9.17, 15) is 26.3 Å². The molecule has 168 valence electrons. The first-order valence-electron chi connectivity index (χ1n) is 10.2. The van der Waals surface area contributed by atoms with E-state index in [4.69, 9.17) is 0 Å². The average Bonchev–Trinajstić information content (AvgIpc) is 2.73. The van der Waals surface area contributed by atoms with Crippen LogP contribution in [0.5, 0.6) is 0 Å². The lowest BCUT2D eigenvalue weighted by Gasteiger charge is -2.37. The van der Waals surface area contributed by atoms with Crippen LogP contribution in [0.25, 0.3) is 0 Å². The summed E-state index contributed by atoms with van der Waals surface area (Å²) in [5, 5.41) is 0. The molecule has 3 aromatic rings. The van der Waals surface area contributed by atoms with Crippen LogP contribution >= 0.6 is 0 Å². The van der Waals surface area contributed by atoms with Gasteiger partial charge in [0.05, 0.1) is 11.1 Å². The van der Waals surface area contributed by atoms with Gasteiger partial charge < -0.3 is 0 Å². The molecular weight excluding hydrogens is 428 g/mol. The fourth-order valence-electron chi connectivity index (χ4n) is 4.26. The third-order valence-electron chi connectivity index (χ3n) is 5.81. The van der Waals surface area contributed by atoms with E-state index in [-0.39, 0.29) is 24.2 Å². The second kappa shape index (κ2) is 8.62. The van der Waals surface area contributed by atoms with Crippen molar-refractivity contribution in [3.05, 3.63) is 106 Å². The van der Waals surface area contributed by atoms with Crippen LogP contribution in [0.2, 0.25) is 0 Å². The first-order chi connectivity index (χ1) is 15.1. The molecule has 0 saturated heterocycles. The number of nitrogens with zero attached hydrogens (tertiary/aromatic N) is 1. The van der Waals surface area contributed by atoms with E-state index in [0.29, 0.717) is 19.4 Å². The highest BCUT2D eigenvalue weighted by molar-refractivity contribution is 5.35. The van der Waals surface area contributed by atoms with E-state index in [1.54, 1.807) is 0 Å². The number of benzene rings is 3. The minimum Gasteiger partial charge on any atom is -0.291 e. The van der Waals surface area contributed by atoms with E-state index in [2.05, 4.69) is 0 Å². The van der Waals surface area contributed by atoms with Crippen molar-refractivity contribution in [3.63, 3.8) is 0 Å². The Balaban J connectivity index is 1.68. The molecule has 1 heterocycles. The summed E-state index contributed by atoms with van der Waals surface area (Å²) in [6.45, 7) is 0.462. The molecular formula is C25H21F6N. The van der Waals surface area contributed by atoms with Gasteiger partial charge in [-0.15, -0.1) is 0 Å². The van der Waals surface area contributed by atoms with Crippen molar-refractivity contribution in [2.75, 3.05) is 0 Å². The van der Waals surface area contributed by atoms with Crippen molar-refractivity contribution in [1.29, 1.82) is 0 Å². The Morgan fingerprint density at radius 2 is 1.25 bits per heavy atom. The van der Waals surface area contributed by atoms with E-state index >= 15 is 0 Å². The van der Waals surface area contributed by atoms with Crippen LogP contribution in [0.4, 0.5) is 26.3 Å². The standard InChI is InChI=1S/C25H21F6N/c26-24(27,28)21-10-18(11-22(14-21)25(29,30)31)15-32-16-20-9-5-4-8-19(20)13-23(32)12-17-6-2-1-3-7-17/h1-11,14,23H,12-13,15-16H2/t23-/m0/s1. The van der Waals surface area contributed by atoms with Gasteiger partial charge in [-0.3, -0.25) is 4.90 Å². The van der Waals surface area contributed by atoms with Crippen molar-refractivity contribution >= 4 is 0 Å². The molecule has 1 nitrogen and oxygen atoms in total. The fourth-order valence-corrected chi connectivity index (χ4v) is 4.26. The number of fused-ring (bicyclic) bond motifs is 1. The minimum atomic E-state index is -4.85. The van der Waals surface area contributed by atoms with Crippen LogP contribution in [-0.4, -0.2) is 10.9 Å². The lowest BCUT2D eigenvalue weighted by atomic mass is 9.89. The number of hydrogen-bond acceptors (Lipinski definition) is 1. The SMILES string of the molecule is FC(F)(F)c1cc(CN2Cc3ccccc3C[C@@H]2Cc2ccccc2)cc(C(F)(F)F)c1. The Kier molecular flexibility index (Phi) is 6.03. The van der Waals surface area contributed by atoms with Gasteiger partial charge in [0.25, 0.3) is 0 Å². The number of hydrogen-bond donors (Lipinski definition) is 0. The summed E-state index contributed by atoms with van der Waals surface area (Å²) in [4.78, 5) is 1.98. The summed E-state index contributed by atoms with van der Waals surface area (Å²) >= 11 is 0. The zero-order valence-corrected chi connectivity index (χ0v) is 17.0. The topological polar surface area (TPSA) is 3.24 Å². The predicted octanol–water partition coefficient (Wildman–Crippen LogP) is 6.89. The lowest BCUT2D eigenvalue weighted by Crippen LogP contribution is -2.41. The third kappa shape index (κ3) is 5.15. The minimum absolute atomic E-state index is 0.00116. The normalized spacial score (nSPS) is 17.2. The van der Waals surface area contributed by atoms with Crippen molar-refractivity contribution in [2.45, 2.75) is 44.3 Å². The van der Waals surface area contributed by atoms with Crippen molar-refractivity contribution < 1.29 is 26.3 Å². The molecule has 0 radical (unpaired) electrons. The largest absolute Gasteiger partial charge is 0.416 e. The van der Waals surface area contributed by atoms with Gasteiger partial charge in [-0.25, -0.2) is 0 Å². The zero-order chi connectivity index (χ0) is 22.9. The van der Waals surface area contributed by atoms with Gasteiger partial charge in [0.2, 0.25) is 0 Å². The molecule has 32 heavy (non-hydrogen) atoms. The highest BCUT2D eigenvalue weighted by atomic mass is 19.4. The molecule has 7 heteroatoms. The molecule has 0 aliphatic carbocycles. The Morgan fingerprint density at radius 3 is 1.84 bits per heavy atom. The summed E-state index contributed by atoms with van der Waals surface area (Å²) < 4.78 is 79.8. The molecule has 0 bridgehead atoms. The third-order valence-corrected chi connectivity index (χ3v) is 5.81. The summed E-state index contributed by atoms with van der Waals surface area (Å²) in [6, 6.07) is 19.3. The maximum Gasteiger partial charge on any atom is 0.416 e. The van der Waals surface area contributed by atoms with E-state index < -0.39 is 23.5 Å². The molecule has 1 atom stereocenters. The molecule has 0 amide bonds. The summed E-state index contributed by atoms with van der Waals surface area (Å²) in [7, 11) is 0. The number of rotatable bonds is 4. The highest BCUT2D eigenvalue weighted by Crippen LogP contribution is 2.37. The van der Waals surface area contributed by atoms with Gasteiger partial charge in [-0.2, -0.15) is 26.3 Å². The monoisotopic (exact) mass is 449 g/mol. The Hall–Kier alpha value is -2.80. The van der Waals surface area contributed by atoms with Gasteiger partial charge >= 0.3 is 12.4 Å². The van der Waals surface area contributed by atoms with E-state index in [0.717, 1.165) is 28.8 Å². The first-order valence-corrected chi connectivity index (χ1v) is 10.2. The number of halogens is 6. The summed E-state index contributed by atoms with van der Waals surface area (Å²) in [5.41, 5.74) is 0.717. The molecule has 3 aromatic carbocycles. The second-order valence-electron chi connectivity index (χ2n) is 8.14. The quantitative estimate of drug-likeness (QED) is 0.392. The summed E-state index contributed by atoms with van der Waals surface area (Å²) in [6.07, 6.45) is -8.38. The highest BCUT2D eigenvalue weighted by Gasteiger charge is 2.37. The zero-order valence-electron chi connectivity index (χ0n) is 17.0. The number of alkyl halides is 6. The van der Waals surface area contributed by atoms with Gasteiger partial charge in [0.1, 0.15) is 0 Å². The maximum absolute atomic E-state index is 13.3. The molecule has 0 N–H and O–H groups in total. The smallest absolute Gasteiger partial charge is 0.291 e. The molecule has 0 fully saturated rings. The van der Waals surface area contributed by atoms with Gasteiger partial charge in [0, 0.05) is 19.1 Å². The molecule has 1 aliphatic rings. The van der Waals surface area contributed by atoms with Crippen LogP contribution in [0, 0.1) is 0 Å². The van der Waals surface area contributed by atoms with Crippen molar-refractivity contribution in [1.82, 2.24) is 4.90 Å². The van der Waals surface area contributed by atoms with Gasteiger partial charge in [-0.05, 0) is 53.3 Å².